The van der Waals surface area contributed by atoms with Crippen LogP contribution in [0.3, 0.4) is 0 Å². The third-order valence-corrected chi connectivity index (χ3v) is 7.61. The molecule has 1 heterocycles. The highest BCUT2D eigenvalue weighted by Crippen LogP contribution is 2.47. The maximum absolute atomic E-state index is 13.7. The zero-order valence-corrected chi connectivity index (χ0v) is 21.8. The first kappa shape index (κ1) is 25.4. The molecular weight excluding hydrogens is 482 g/mol. The van der Waals surface area contributed by atoms with Gasteiger partial charge in [0.05, 0.1) is 12.7 Å². The highest BCUT2D eigenvalue weighted by Gasteiger charge is 2.41. The zero-order valence-electron chi connectivity index (χ0n) is 20.2. The number of Topliss-reactive ketones (excluding diaryl/α,β-unsaturated/α-hetero) is 1. The number of thioether (sulfide) groups is 1. The van der Waals surface area contributed by atoms with Crippen molar-refractivity contribution in [1.29, 1.82) is 0 Å². The molecule has 7 heteroatoms. The molecule has 0 radical (unpaired) electrons. The second-order valence-electron chi connectivity index (χ2n) is 8.64. The normalized spacial score (nSPS) is 19.8. The minimum Gasteiger partial charge on any atom is -0.496 e. The fraction of sp³-hybridized carbons (Fsp3) is 0.357. The van der Waals surface area contributed by atoms with Gasteiger partial charge in [0.15, 0.2) is 5.78 Å². The molecule has 2 aliphatic rings. The van der Waals surface area contributed by atoms with Crippen molar-refractivity contribution in [3.63, 3.8) is 0 Å². The molecule has 0 saturated heterocycles. The van der Waals surface area contributed by atoms with Crippen LogP contribution in [0.5, 0.6) is 5.75 Å². The molecule has 0 saturated carbocycles. The van der Waals surface area contributed by atoms with Crippen molar-refractivity contribution in [2.24, 2.45) is 0 Å². The number of methoxy groups -OCH3 is 1. The Hall–Kier alpha value is -2.70. The topological polar surface area (TPSA) is 64.6 Å². The summed E-state index contributed by atoms with van der Waals surface area (Å²) in [6.07, 6.45) is 0.998. The number of allylic oxidation sites excluding steroid dienone is 3. The maximum Gasteiger partial charge on any atom is 0.336 e. The standard InChI is InChI=1S/C28H30ClNO4S/c1-4-35-14-13-34-28(32)25-17(2)30-22-15-19(21-7-5-6-8-24(21)33-3)16-23(31)27(22)26(25)18-9-11-20(29)12-10-18/h5-12,19,26,30H,4,13-16H2,1-3H3. The van der Waals surface area contributed by atoms with Crippen molar-refractivity contribution >= 4 is 35.1 Å². The molecule has 2 aromatic carbocycles. The molecule has 184 valence electrons. The molecule has 1 aliphatic carbocycles. The van der Waals surface area contributed by atoms with Gasteiger partial charge in [-0.1, -0.05) is 48.9 Å². The van der Waals surface area contributed by atoms with Gasteiger partial charge in [0, 0.05) is 46.0 Å². The largest absolute Gasteiger partial charge is 0.496 e. The lowest BCUT2D eigenvalue weighted by Crippen LogP contribution is -2.36. The summed E-state index contributed by atoms with van der Waals surface area (Å²) in [6, 6.07) is 15.2. The first-order valence-electron chi connectivity index (χ1n) is 11.8. The van der Waals surface area contributed by atoms with E-state index in [9.17, 15) is 9.59 Å². The summed E-state index contributed by atoms with van der Waals surface area (Å²) in [5, 5.41) is 4.00. The second kappa shape index (κ2) is 11.4. The average Bonchev–Trinajstić information content (AvgIpc) is 2.86. The number of para-hydroxylation sites is 1. The van der Waals surface area contributed by atoms with E-state index in [0.717, 1.165) is 34.1 Å². The lowest BCUT2D eigenvalue weighted by Gasteiger charge is -2.37. The summed E-state index contributed by atoms with van der Waals surface area (Å²) in [7, 11) is 1.65. The molecule has 35 heavy (non-hydrogen) atoms. The van der Waals surface area contributed by atoms with Gasteiger partial charge in [0.25, 0.3) is 0 Å². The number of dihydropyridines is 1. The van der Waals surface area contributed by atoms with Crippen LogP contribution in [-0.2, 0) is 14.3 Å². The Morgan fingerprint density at radius 2 is 1.89 bits per heavy atom. The van der Waals surface area contributed by atoms with Crippen LogP contribution in [-0.4, -0.2) is 37.0 Å². The highest BCUT2D eigenvalue weighted by molar-refractivity contribution is 7.99. The molecule has 2 atom stereocenters. The van der Waals surface area contributed by atoms with Crippen LogP contribution in [0.1, 0.15) is 49.7 Å². The van der Waals surface area contributed by atoms with Gasteiger partial charge >= 0.3 is 5.97 Å². The third-order valence-electron chi connectivity index (χ3n) is 6.49. The lowest BCUT2D eigenvalue weighted by molar-refractivity contribution is -0.138. The summed E-state index contributed by atoms with van der Waals surface area (Å²) in [5.41, 5.74) is 4.55. The van der Waals surface area contributed by atoms with E-state index < -0.39 is 11.9 Å². The number of carbonyl (C=O) groups excluding carboxylic acids is 2. The number of ketones is 1. The van der Waals surface area contributed by atoms with Crippen molar-refractivity contribution in [1.82, 2.24) is 5.32 Å². The van der Waals surface area contributed by atoms with E-state index in [1.807, 2.05) is 43.3 Å². The van der Waals surface area contributed by atoms with E-state index in [-0.39, 0.29) is 11.7 Å². The Labute approximate surface area is 215 Å². The van der Waals surface area contributed by atoms with Gasteiger partial charge in [0.2, 0.25) is 0 Å². The van der Waals surface area contributed by atoms with Crippen molar-refractivity contribution in [2.75, 3.05) is 25.2 Å². The molecule has 2 unspecified atom stereocenters. The number of hydrogen-bond acceptors (Lipinski definition) is 6. The molecule has 0 fully saturated rings. The second-order valence-corrected chi connectivity index (χ2v) is 10.5. The Morgan fingerprint density at radius 1 is 1.14 bits per heavy atom. The summed E-state index contributed by atoms with van der Waals surface area (Å²) in [4.78, 5) is 27.0. The summed E-state index contributed by atoms with van der Waals surface area (Å²) in [5.74, 6) is 1.60. The Morgan fingerprint density at radius 3 is 2.60 bits per heavy atom. The van der Waals surface area contributed by atoms with Crippen LogP contribution in [0, 0.1) is 0 Å². The molecule has 5 nitrogen and oxygen atoms in total. The minimum atomic E-state index is -0.499. The lowest BCUT2D eigenvalue weighted by atomic mass is 9.71. The van der Waals surface area contributed by atoms with E-state index in [1.54, 1.807) is 31.0 Å². The van der Waals surface area contributed by atoms with E-state index >= 15 is 0 Å². The predicted octanol–water partition coefficient (Wildman–Crippen LogP) is 6.01. The van der Waals surface area contributed by atoms with Crippen molar-refractivity contribution in [3.05, 3.63) is 87.2 Å². The SMILES string of the molecule is CCSCCOC(=O)C1=C(C)NC2=C(C(=O)CC(c3ccccc3OC)C2)C1c1ccc(Cl)cc1. The number of esters is 1. The number of rotatable bonds is 8. The van der Waals surface area contributed by atoms with Crippen LogP contribution in [0.4, 0.5) is 0 Å². The molecule has 1 N–H and O–H groups in total. The Bertz CT molecular complexity index is 1170. The molecule has 0 bridgehead atoms. The minimum absolute atomic E-state index is 0.0110. The number of nitrogens with one attached hydrogen (secondary N) is 1. The number of hydrogen-bond donors (Lipinski definition) is 1. The molecule has 0 aromatic heterocycles. The maximum atomic E-state index is 13.7. The van der Waals surface area contributed by atoms with Crippen molar-refractivity contribution in [2.45, 2.75) is 38.5 Å². The van der Waals surface area contributed by atoms with Crippen LogP contribution in [0.2, 0.25) is 5.02 Å². The van der Waals surface area contributed by atoms with Crippen molar-refractivity contribution in [3.8, 4) is 5.75 Å². The van der Waals surface area contributed by atoms with Crippen molar-refractivity contribution < 1.29 is 19.1 Å². The van der Waals surface area contributed by atoms with Gasteiger partial charge in [0.1, 0.15) is 12.4 Å². The molecule has 2 aromatic rings. The van der Waals surface area contributed by atoms with Crippen LogP contribution in [0.25, 0.3) is 0 Å². The van der Waals surface area contributed by atoms with Gasteiger partial charge < -0.3 is 14.8 Å². The van der Waals surface area contributed by atoms with Gasteiger partial charge in [-0.2, -0.15) is 11.8 Å². The van der Waals surface area contributed by atoms with E-state index in [2.05, 4.69) is 12.2 Å². The quantitative estimate of drug-likeness (QED) is 0.346. The van der Waals surface area contributed by atoms with E-state index in [0.29, 0.717) is 41.3 Å². The first-order chi connectivity index (χ1) is 16.9. The monoisotopic (exact) mass is 511 g/mol. The van der Waals surface area contributed by atoms with E-state index in [4.69, 9.17) is 21.1 Å². The Balaban J connectivity index is 1.72. The third kappa shape index (κ3) is 5.44. The smallest absolute Gasteiger partial charge is 0.336 e. The van der Waals surface area contributed by atoms with Crippen LogP contribution in [0.15, 0.2) is 71.1 Å². The Kier molecular flexibility index (Phi) is 8.24. The zero-order chi connectivity index (χ0) is 24.9. The fourth-order valence-corrected chi connectivity index (χ4v) is 5.55. The first-order valence-corrected chi connectivity index (χ1v) is 13.3. The number of ether oxygens (including phenoxy) is 2. The summed E-state index contributed by atoms with van der Waals surface area (Å²) >= 11 is 7.87. The number of carbonyl (C=O) groups is 2. The van der Waals surface area contributed by atoms with Gasteiger partial charge in [-0.15, -0.1) is 0 Å². The van der Waals surface area contributed by atoms with Gasteiger partial charge in [-0.3, -0.25) is 4.79 Å². The van der Waals surface area contributed by atoms with Crippen LogP contribution < -0.4 is 10.1 Å². The highest BCUT2D eigenvalue weighted by atomic mass is 35.5. The molecule has 0 amide bonds. The van der Waals surface area contributed by atoms with Gasteiger partial charge in [-0.05, 0) is 48.4 Å². The number of halogens is 1. The molecule has 1 aliphatic heterocycles. The van der Waals surface area contributed by atoms with Gasteiger partial charge in [-0.25, -0.2) is 4.79 Å². The summed E-state index contributed by atoms with van der Waals surface area (Å²) in [6.45, 7) is 4.28. The predicted molar refractivity (Wildman–Crippen MR) is 141 cm³/mol. The van der Waals surface area contributed by atoms with E-state index in [1.165, 1.54) is 0 Å². The number of benzene rings is 2. The molecular formula is C28H30ClNO4S. The fourth-order valence-electron chi connectivity index (χ4n) is 4.94. The summed E-state index contributed by atoms with van der Waals surface area (Å²) < 4.78 is 11.2. The average molecular weight is 512 g/mol. The molecule has 0 spiro atoms. The van der Waals surface area contributed by atoms with Crippen LogP contribution >= 0.6 is 23.4 Å². The molecule has 4 rings (SSSR count).